The molecule has 0 unspecified atom stereocenters. The van der Waals surface area contributed by atoms with E-state index < -0.39 is 5.97 Å². The number of hydrogen-bond donors (Lipinski definition) is 2. The molecule has 3 heterocycles. The van der Waals surface area contributed by atoms with E-state index in [1.807, 2.05) is 0 Å². The van der Waals surface area contributed by atoms with Gasteiger partial charge in [0.1, 0.15) is 5.00 Å². The molecule has 17 heavy (non-hydrogen) atoms. The number of nitrogens with one attached hydrogen (secondary N) is 1. The fraction of sp³-hybridized carbons (Fsp3) is 0.583. The Kier molecular flexibility index (Phi) is 2.80. The number of carboxylic acid groups (broad SMARTS) is 1. The molecule has 92 valence electrons. The summed E-state index contributed by atoms with van der Waals surface area (Å²) in [4.78, 5) is 15.0. The van der Waals surface area contributed by atoms with Gasteiger partial charge in [-0.25, -0.2) is 4.79 Å². The summed E-state index contributed by atoms with van der Waals surface area (Å²) in [6.07, 6.45) is 3.33. The summed E-state index contributed by atoms with van der Waals surface area (Å²) in [6.45, 7) is 3.69. The van der Waals surface area contributed by atoms with Gasteiger partial charge in [0.2, 0.25) is 0 Å². The quantitative estimate of drug-likeness (QED) is 0.841. The summed E-state index contributed by atoms with van der Waals surface area (Å²) >= 11 is 1.69. The van der Waals surface area contributed by atoms with Gasteiger partial charge in [-0.05, 0) is 24.8 Å². The van der Waals surface area contributed by atoms with Crippen LogP contribution >= 0.6 is 11.3 Å². The first kappa shape index (κ1) is 11.0. The number of aromatic carboxylic acids is 1. The van der Waals surface area contributed by atoms with Crippen molar-refractivity contribution in [2.24, 2.45) is 0 Å². The van der Waals surface area contributed by atoms with Gasteiger partial charge < -0.3 is 15.3 Å². The fourth-order valence-electron chi connectivity index (χ4n) is 2.67. The molecule has 5 heteroatoms. The zero-order valence-electron chi connectivity index (χ0n) is 9.66. The smallest absolute Gasteiger partial charge is 0.339 e. The van der Waals surface area contributed by atoms with E-state index in [2.05, 4.69) is 10.2 Å². The highest BCUT2D eigenvalue weighted by molar-refractivity contribution is 7.16. The lowest BCUT2D eigenvalue weighted by molar-refractivity contribution is 0.0696. The first-order valence-corrected chi connectivity index (χ1v) is 6.92. The topological polar surface area (TPSA) is 52.6 Å². The molecule has 4 nitrogen and oxygen atoms in total. The van der Waals surface area contributed by atoms with Crippen molar-refractivity contribution in [1.29, 1.82) is 0 Å². The zero-order valence-corrected chi connectivity index (χ0v) is 10.5. The highest BCUT2D eigenvalue weighted by Crippen LogP contribution is 2.39. The van der Waals surface area contributed by atoms with E-state index in [0.717, 1.165) is 36.6 Å². The zero-order chi connectivity index (χ0) is 11.8. The predicted molar refractivity (Wildman–Crippen MR) is 68.1 cm³/mol. The lowest BCUT2D eigenvalue weighted by Crippen LogP contribution is -2.24. The number of nitrogens with zero attached hydrogens (tertiary/aromatic N) is 1. The molecule has 0 aromatic carbocycles. The van der Waals surface area contributed by atoms with E-state index in [0.29, 0.717) is 12.1 Å². The van der Waals surface area contributed by atoms with Crippen LogP contribution < -0.4 is 10.2 Å². The summed E-state index contributed by atoms with van der Waals surface area (Å²) in [5, 5.41) is 13.7. The molecule has 3 rings (SSSR count). The predicted octanol–water partition coefficient (Wildman–Crippen LogP) is 1.69. The molecule has 0 bridgehead atoms. The van der Waals surface area contributed by atoms with E-state index in [9.17, 15) is 9.90 Å². The Hall–Kier alpha value is -1.07. The SMILES string of the molecule is O=C(O)c1c(N2CCCC2)sc2c1CNCC2. The number of carbonyl (C=O) groups is 1. The standard InChI is InChI=1S/C12H16N2O2S/c15-12(16)10-8-7-13-4-3-9(8)17-11(10)14-5-1-2-6-14/h13H,1-7H2,(H,15,16). The fourth-order valence-corrected chi connectivity index (χ4v) is 4.02. The lowest BCUT2D eigenvalue weighted by atomic mass is 10.1. The molecule has 1 saturated heterocycles. The summed E-state index contributed by atoms with van der Waals surface area (Å²) in [7, 11) is 0. The van der Waals surface area contributed by atoms with Crippen LogP contribution in [0.1, 0.15) is 33.6 Å². The maximum Gasteiger partial charge on any atom is 0.339 e. The highest BCUT2D eigenvalue weighted by Gasteiger charge is 2.28. The second-order valence-corrected chi connectivity index (χ2v) is 5.69. The lowest BCUT2D eigenvalue weighted by Gasteiger charge is -2.16. The molecule has 0 amide bonds. The minimum atomic E-state index is -0.770. The number of thiophene rings is 1. The van der Waals surface area contributed by atoms with E-state index in [1.165, 1.54) is 17.7 Å². The summed E-state index contributed by atoms with van der Waals surface area (Å²) in [5.41, 5.74) is 1.58. The van der Waals surface area contributed by atoms with Crippen molar-refractivity contribution in [1.82, 2.24) is 5.32 Å². The van der Waals surface area contributed by atoms with Crippen LogP contribution in [0.3, 0.4) is 0 Å². The Morgan fingerprint density at radius 1 is 1.35 bits per heavy atom. The van der Waals surface area contributed by atoms with Crippen molar-refractivity contribution in [3.63, 3.8) is 0 Å². The molecular formula is C12H16N2O2S. The van der Waals surface area contributed by atoms with Crippen molar-refractivity contribution >= 4 is 22.3 Å². The first-order valence-electron chi connectivity index (χ1n) is 6.11. The van der Waals surface area contributed by atoms with Crippen LogP contribution in [0, 0.1) is 0 Å². The van der Waals surface area contributed by atoms with E-state index in [4.69, 9.17) is 0 Å². The average molecular weight is 252 g/mol. The van der Waals surface area contributed by atoms with Crippen molar-refractivity contribution in [2.75, 3.05) is 24.5 Å². The Labute approximate surface area is 104 Å². The Bertz CT molecular complexity index is 450. The van der Waals surface area contributed by atoms with Crippen LogP contribution in [0.5, 0.6) is 0 Å². The molecule has 0 spiro atoms. The Morgan fingerprint density at radius 3 is 2.82 bits per heavy atom. The van der Waals surface area contributed by atoms with Gasteiger partial charge in [-0.2, -0.15) is 0 Å². The molecule has 0 atom stereocenters. The third kappa shape index (κ3) is 1.83. The second-order valence-electron chi connectivity index (χ2n) is 4.61. The number of hydrogen-bond acceptors (Lipinski definition) is 4. The minimum Gasteiger partial charge on any atom is -0.478 e. The van der Waals surface area contributed by atoms with Crippen LogP contribution in [0.2, 0.25) is 0 Å². The molecule has 2 N–H and O–H groups in total. The molecule has 0 saturated carbocycles. The molecule has 2 aliphatic rings. The average Bonchev–Trinajstić information content (AvgIpc) is 2.95. The molecule has 1 fully saturated rings. The number of rotatable bonds is 2. The second kappa shape index (κ2) is 4.31. The highest BCUT2D eigenvalue weighted by atomic mass is 32.1. The van der Waals surface area contributed by atoms with Crippen LogP contribution in [-0.4, -0.2) is 30.7 Å². The van der Waals surface area contributed by atoms with E-state index >= 15 is 0 Å². The van der Waals surface area contributed by atoms with Crippen LogP contribution in [0.4, 0.5) is 5.00 Å². The van der Waals surface area contributed by atoms with Crippen molar-refractivity contribution < 1.29 is 9.90 Å². The third-order valence-corrected chi connectivity index (χ3v) is 4.86. The van der Waals surface area contributed by atoms with E-state index in [-0.39, 0.29) is 0 Å². The maximum atomic E-state index is 11.5. The molecule has 2 aliphatic heterocycles. The van der Waals surface area contributed by atoms with Gasteiger partial charge in [0.05, 0.1) is 5.56 Å². The third-order valence-electron chi connectivity index (χ3n) is 3.51. The van der Waals surface area contributed by atoms with Gasteiger partial charge in [-0.15, -0.1) is 11.3 Å². The van der Waals surface area contributed by atoms with Crippen LogP contribution in [0.15, 0.2) is 0 Å². The molecule has 0 aliphatic carbocycles. The normalized spacial score (nSPS) is 19.4. The van der Waals surface area contributed by atoms with Gasteiger partial charge in [0, 0.05) is 31.1 Å². The Balaban J connectivity index is 2.06. The summed E-state index contributed by atoms with van der Waals surface area (Å²) in [5.74, 6) is -0.770. The first-order chi connectivity index (χ1) is 8.27. The van der Waals surface area contributed by atoms with Crippen LogP contribution in [-0.2, 0) is 13.0 Å². The van der Waals surface area contributed by atoms with Crippen molar-refractivity contribution in [3.8, 4) is 0 Å². The molecule has 0 radical (unpaired) electrons. The number of anilines is 1. The van der Waals surface area contributed by atoms with Gasteiger partial charge >= 0.3 is 5.97 Å². The van der Waals surface area contributed by atoms with Crippen LogP contribution in [0.25, 0.3) is 0 Å². The van der Waals surface area contributed by atoms with E-state index in [1.54, 1.807) is 11.3 Å². The van der Waals surface area contributed by atoms with Gasteiger partial charge in [0.25, 0.3) is 0 Å². The molecule has 1 aromatic rings. The van der Waals surface area contributed by atoms with Gasteiger partial charge in [0.15, 0.2) is 0 Å². The molecule has 1 aromatic heterocycles. The van der Waals surface area contributed by atoms with Gasteiger partial charge in [-0.3, -0.25) is 0 Å². The van der Waals surface area contributed by atoms with Crippen molar-refractivity contribution in [3.05, 3.63) is 16.0 Å². The van der Waals surface area contributed by atoms with Crippen molar-refractivity contribution in [2.45, 2.75) is 25.8 Å². The summed E-state index contributed by atoms with van der Waals surface area (Å²) in [6, 6.07) is 0. The largest absolute Gasteiger partial charge is 0.478 e. The molecular weight excluding hydrogens is 236 g/mol. The van der Waals surface area contributed by atoms with Gasteiger partial charge in [-0.1, -0.05) is 0 Å². The maximum absolute atomic E-state index is 11.5. The monoisotopic (exact) mass is 252 g/mol. The Morgan fingerprint density at radius 2 is 2.12 bits per heavy atom. The number of fused-ring (bicyclic) bond motifs is 1. The summed E-state index contributed by atoms with van der Waals surface area (Å²) < 4.78 is 0. The number of carboxylic acids is 1. The minimum absolute atomic E-state index is 0.555.